The summed E-state index contributed by atoms with van der Waals surface area (Å²) in [5, 5.41) is 0. The number of rotatable bonds is 4. The normalized spacial score (nSPS) is 12.3. The third kappa shape index (κ3) is 6.39. The molecular weight excluding hydrogens is 672 g/mol. The van der Waals surface area contributed by atoms with Gasteiger partial charge in [0, 0.05) is 68.0 Å². The van der Waals surface area contributed by atoms with Crippen LogP contribution in [0.25, 0.3) is 79.8 Å². The van der Waals surface area contributed by atoms with Gasteiger partial charge in [-0.2, -0.15) is 0 Å². The van der Waals surface area contributed by atoms with E-state index in [0.29, 0.717) is 11.4 Å². The zero-order valence-corrected chi connectivity index (χ0v) is 30.4. The van der Waals surface area contributed by atoms with Gasteiger partial charge in [-0.3, -0.25) is 0 Å². The molecule has 5 heterocycles. The number of fused-ring (bicyclic) bond motifs is 8. The molecule has 0 unspecified atom stereocenters. The second-order valence-corrected chi connectivity index (χ2v) is 13.2. The van der Waals surface area contributed by atoms with Crippen LogP contribution < -0.4 is 11.5 Å². The number of nitrogens with two attached hydrogens (primary N) is 2. The van der Waals surface area contributed by atoms with Gasteiger partial charge in [0.1, 0.15) is 0 Å². The SMILES string of the molecule is CCl.Cc1ccc(-c2c3nc(c(-c4ccc(N)cc4N)c4ccc([nH]4)c(-c4ccccc4)c4nc(c(-c5ccccc5)c5[nH]c2CC5)C=C4)C=C3)cc1. The number of aryl methyl sites for hydroxylation is 3. The van der Waals surface area contributed by atoms with Gasteiger partial charge in [-0.25, -0.2) is 9.97 Å². The van der Waals surface area contributed by atoms with Crippen LogP contribution in [0, 0.1) is 6.92 Å². The standard InChI is InChI=1S/C45H36N6.CH3Cl/c1-27-12-14-30(15-13-27)44-38-21-20-35(49-38)42(28-8-4-2-5-9-28)34-18-19-36(48-34)43(29-10-6-3-7-11-29)37-22-24-40(50-37)45(41-25-23-39(44)51-41)32-17-16-31(46)26-33(32)47;1-2/h2-19,22-26,49-50H,20-21,46-47H2,1H3;1H3. The third-order valence-corrected chi connectivity index (χ3v) is 9.87. The van der Waals surface area contributed by atoms with Crippen LogP contribution in [0.3, 0.4) is 0 Å². The molecular formula is C46H39ClN6. The van der Waals surface area contributed by atoms with Gasteiger partial charge in [0.25, 0.3) is 0 Å². The summed E-state index contributed by atoms with van der Waals surface area (Å²) < 4.78 is 0. The third-order valence-electron chi connectivity index (χ3n) is 9.87. The van der Waals surface area contributed by atoms with Gasteiger partial charge < -0.3 is 21.4 Å². The lowest BCUT2D eigenvalue weighted by molar-refractivity contribution is 1.02. The lowest BCUT2D eigenvalue weighted by Gasteiger charge is -2.09. The van der Waals surface area contributed by atoms with Gasteiger partial charge in [0.2, 0.25) is 0 Å². The van der Waals surface area contributed by atoms with Crippen molar-refractivity contribution in [2.75, 3.05) is 17.9 Å². The van der Waals surface area contributed by atoms with E-state index < -0.39 is 0 Å². The van der Waals surface area contributed by atoms with Crippen LogP contribution in [0.15, 0.2) is 115 Å². The second kappa shape index (κ2) is 14.3. The van der Waals surface area contributed by atoms with E-state index in [1.807, 2.05) is 24.3 Å². The van der Waals surface area contributed by atoms with Crippen LogP contribution in [-0.2, 0) is 12.8 Å². The van der Waals surface area contributed by atoms with Gasteiger partial charge in [0.05, 0.1) is 22.8 Å². The summed E-state index contributed by atoms with van der Waals surface area (Å²) in [5.41, 5.74) is 31.2. The highest BCUT2D eigenvalue weighted by Gasteiger charge is 2.22. The summed E-state index contributed by atoms with van der Waals surface area (Å²) in [7, 11) is 0. The summed E-state index contributed by atoms with van der Waals surface area (Å²) in [5.74, 6) is 0. The van der Waals surface area contributed by atoms with Crippen LogP contribution >= 0.6 is 11.6 Å². The first kappa shape index (κ1) is 33.8. The Labute approximate surface area is 314 Å². The van der Waals surface area contributed by atoms with Crippen molar-refractivity contribution in [2.24, 2.45) is 0 Å². The molecule has 0 fully saturated rings. The van der Waals surface area contributed by atoms with E-state index in [2.05, 4.69) is 144 Å². The summed E-state index contributed by atoms with van der Waals surface area (Å²) >= 11 is 4.64. The van der Waals surface area contributed by atoms with Gasteiger partial charge in [-0.05, 0) is 85.0 Å². The van der Waals surface area contributed by atoms with Crippen molar-refractivity contribution in [1.82, 2.24) is 19.9 Å². The minimum Gasteiger partial charge on any atom is -0.399 e. The predicted molar refractivity (Wildman–Crippen MR) is 225 cm³/mol. The Bertz CT molecular complexity index is 2600. The van der Waals surface area contributed by atoms with Crippen LogP contribution in [0.5, 0.6) is 0 Å². The molecule has 0 radical (unpaired) electrons. The number of aromatic nitrogens is 4. The van der Waals surface area contributed by atoms with Crippen molar-refractivity contribution >= 4 is 58.3 Å². The van der Waals surface area contributed by atoms with Gasteiger partial charge >= 0.3 is 0 Å². The van der Waals surface area contributed by atoms with Crippen molar-refractivity contribution in [3.8, 4) is 44.5 Å². The molecule has 0 aliphatic carbocycles. The smallest absolute Gasteiger partial charge is 0.0738 e. The first-order valence-corrected chi connectivity index (χ1v) is 18.4. The monoisotopic (exact) mass is 710 g/mol. The predicted octanol–water partition coefficient (Wildman–Crippen LogP) is 11.2. The minimum atomic E-state index is 0.590. The highest BCUT2D eigenvalue weighted by molar-refractivity contribution is 6.15. The van der Waals surface area contributed by atoms with E-state index in [9.17, 15) is 0 Å². The average molecular weight is 711 g/mol. The molecule has 0 saturated carbocycles. The topological polar surface area (TPSA) is 109 Å². The number of nitrogens with one attached hydrogen (secondary N) is 2. The van der Waals surface area contributed by atoms with E-state index in [4.69, 9.17) is 21.4 Å². The number of benzene rings is 4. The molecule has 0 amide bonds. The van der Waals surface area contributed by atoms with E-state index in [1.54, 1.807) is 0 Å². The fraction of sp³-hybridized carbons (Fsp3) is 0.0870. The van der Waals surface area contributed by atoms with Crippen molar-refractivity contribution in [3.05, 3.63) is 155 Å². The van der Waals surface area contributed by atoms with Crippen LogP contribution in [-0.4, -0.2) is 26.3 Å². The molecule has 0 saturated heterocycles. The Balaban J connectivity index is 0.00000197. The maximum atomic E-state index is 6.70. The van der Waals surface area contributed by atoms with Crippen molar-refractivity contribution in [2.45, 2.75) is 19.8 Å². The van der Waals surface area contributed by atoms with E-state index >= 15 is 0 Å². The second-order valence-electron chi connectivity index (χ2n) is 13.2. The summed E-state index contributed by atoms with van der Waals surface area (Å²) in [4.78, 5) is 18.4. The molecule has 7 heteroatoms. The molecule has 0 spiro atoms. The number of H-pyrrole nitrogens is 2. The van der Waals surface area contributed by atoms with Crippen LogP contribution in [0.4, 0.5) is 11.4 Å². The average Bonchev–Trinajstić information content (AvgIpc) is 4.03. The van der Waals surface area contributed by atoms with E-state index in [1.165, 1.54) is 11.9 Å². The fourth-order valence-electron chi connectivity index (χ4n) is 7.45. The largest absolute Gasteiger partial charge is 0.399 e. The molecule has 2 aromatic heterocycles. The van der Waals surface area contributed by atoms with Crippen molar-refractivity contribution < 1.29 is 0 Å². The van der Waals surface area contributed by atoms with Crippen molar-refractivity contribution in [1.29, 1.82) is 0 Å². The molecule has 0 atom stereocenters. The van der Waals surface area contributed by atoms with E-state index in [-0.39, 0.29) is 0 Å². The van der Waals surface area contributed by atoms with Gasteiger partial charge in [-0.1, -0.05) is 96.6 Å². The number of halogens is 1. The van der Waals surface area contributed by atoms with Gasteiger partial charge in [0.15, 0.2) is 0 Å². The highest BCUT2D eigenvalue weighted by Crippen LogP contribution is 2.40. The van der Waals surface area contributed by atoms with Crippen molar-refractivity contribution in [3.63, 3.8) is 0 Å². The zero-order chi connectivity index (χ0) is 36.5. The molecule has 53 heavy (non-hydrogen) atoms. The fourth-order valence-corrected chi connectivity index (χ4v) is 7.45. The molecule has 6 aromatic rings. The van der Waals surface area contributed by atoms with Crippen LogP contribution in [0.1, 0.15) is 39.7 Å². The summed E-state index contributed by atoms with van der Waals surface area (Å²) in [6.45, 7) is 2.12. The molecule has 4 aromatic carbocycles. The summed E-state index contributed by atoms with van der Waals surface area (Å²) in [6, 6.07) is 39.7. The lowest BCUT2D eigenvalue weighted by Crippen LogP contribution is -1.95. The summed E-state index contributed by atoms with van der Waals surface area (Å²) in [6.07, 6.45) is 11.7. The maximum absolute atomic E-state index is 6.70. The highest BCUT2D eigenvalue weighted by atomic mass is 35.5. The molecule has 260 valence electrons. The Morgan fingerprint density at radius 3 is 1.53 bits per heavy atom. The number of aromatic amines is 2. The Hall–Kier alpha value is -6.37. The lowest BCUT2D eigenvalue weighted by atomic mass is 9.98. The minimum absolute atomic E-state index is 0.590. The quantitative estimate of drug-likeness (QED) is 0.108. The molecule has 3 aliphatic heterocycles. The number of anilines is 2. The number of nitrogen functional groups attached to an aromatic ring is 2. The number of hydrogen-bond acceptors (Lipinski definition) is 4. The molecule has 6 N–H and O–H groups in total. The van der Waals surface area contributed by atoms with Crippen LogP contribution in [0.2, 0.25) is 0 Å². The Morgan fingerprint density at radius 1 is 0.509 bits per heavy atom. The van der Waals surface area contributed by atoms with Gasteiger partial charge in [-0.15, -0.1) is 11.6 Å². The number of nitrogens with zero attached hydrogens (tertiary/aromatic N) is 2. The Kier molecular flexibility index (Phi) is 9.13. The molecule has 9 rings (SSSR count). The first-order valence-electron chi connectivity index (χ1n) is 17.7. The number of hydrogen-bond donors (Lipinski definition) is 4. The maximum Gasteiger partial charge on any atom is 0.0738 e. The van der Waals surface area contributed by atoms with E-state index in [0.717, 1.165) is 103 Å². The molecule has 3 aliphatic rings. The zero-order valence-electron chi connectivity index (χ0n) is 29.6. The number of alkyl halides is 1. The molecule has 6 nitrogen and oxygen atoms in total. The first-order chi connectivity index (χ1) is 26.0. The molecule has 8 bridgehead atoms. The Morgan fingerprint density at radius 2 is 0.981 bits per heavy atom.